The molecular formula is C12H13ClFN3O. The Morgan fingerprint density at radius 2 is 2.06 bits per heavy atom. The molecule has 0 aliphatic carbocycles. The van der Waals surface area contributed by atoms with Crippen molar-refractivity contribution in [2.24, 2.45) is 0 Å². The van der Waals surface area contributed by atoms with Gasteiger partial charge in [-0.15, -0.1) is 16.7 Å². The van der Waals surface area contributed by atoms with Crippen molar-refractivity contribution >= 4 is 17.6 Å². The summed E-state index contributed by atoms with van der Waals surface area (Å²) in [4.78, 5) is 0. The molecule has 0 bridgehead atoms. The summed E-state index contributed by atoms with van der Waals surface area (Å²) in [7, 11) is 0. The van der Waals surface area contributed by atoms with Gasteiger partial charge in [-0.25, -0.2) is 4.39 Å². The molecule has 1 aromatic heterocycles. The summed E-state index contributed by atoms with van der Waals surface area (Å²) in [6, 6.07) is 7.02. The molecule has 4 nitrogen and oxygen atoms in total. The van der Waals surface area contributed by atoms with Crippen molar-refractivity contribution in [1.29, 1.82) is 0 Å². The van der Waals surface area contributed by atoms with E-state index in [2.05, 4.69) is 15.5 Å². The van der Waals surface area contributed by atoms with E-state index in [4.69, 9.17) is 16.0 Å². The molecule has 0 spiro atoms. The number of benzene rings is 1. The number of anilines is 1. The monoisotopic (exact) mass is 269 g/mol. The van der Waals surface area contributed by atoms with Crippen LogP contribution in [-0.4, -0.2) is 22.6 Å². The Bertz CT molecular complexity index is 504. The lowest BCUT2D eigenvalue weighted by Gasteiger charge is -2.02. The average Bonchev–Trinajstić information content (AvgIpc) is 2.80. The second-order valence-electron chi connectivity index (χ2n) is 3.71. The average molecular weight is 270 g/mol. The standard InChI is InChI=1S/C12H13ClFN3O/c13-7-5-11-16-17-12(18-11)15-8-6-9-3-1-2-4-10(9)14/h1-4H,5-8H2,(H,15,17). The van der Waals surface area contributed by atoms with Crippen LogP contribution in [0, 0.1) is 5.82 Å². The molecule has 0 unspecified atom stereocenters. The maximum Gasteiger partial charge on any atom is 0.315 e. The molecule has 0 fully saturated rings. The van der Waals surface area contributed by atoms with Crippen molar-refractivity contribution in [3.05, 3.63) is 41.5 Å². The zero-order valence-electron chi connectivity index (χ0n) is 9.70. The molecule has 0 atom stereocenters. The Morgan fingerprint density at radius 3 is 2.83 bits per heavy atom. The van der Waals surface area contributed by atoms with Gasteiger partial charge in [-0.05, 0) is 18.1 Å². The Kier molecular flexibility index (Phi) is 4.52. The molecule has 1 aromatic carbocycles. The first-order valence-electron chi connectivity index (χ1n) is 5.65. The lowest BCUT2D eigenvalue weighted by molar-refractivity contribution is 0.512. The van der Waals surface area contributed by atoms with E-state index in [-0.39, 0.29) is 5.82 Å². The van der Waals surface area contributed by atoms with Crippen molar-refractivity contribution in [2.45, 2.75) is 12.8 Å². The fraction of sp³-hybridized carbons (Fsp3) is 0.333. The van der Waals surface area contributed by atoms with Gasteiger partial charge >= 0.3 is 6.01 Å². The predicted octanol–water partition coefficient (Wildman–Crippen LogP) is 2.64. The normalized spacial score (nSPS) is 10.6. The SMILES string of the molecule is Fc1ccccc1CCNc1nnc(CCCl)o1. The molecule has 1 heterocycles. The smallest absolute Gasteiger partial charge is 0.315 e. The van der Waals surface area contributed by atoms with E-state index in [1.165, 1.54) is 6.07 Å². The molecular weight excluding hydrogens is 257 g/mol. The molecule has 0 amide bonds. The number of aryl methyl sites for hydroxylation is 1. The van der Waals surface area contributed by atoms with E-state index in [0.717, 1.165) is 0 Å². The third-order valence-corrected chi connectivity index (χ3v) is 2.59. The zero-order chi connectivity index (χ0) is 12.8. The molecule has 2 rings (SSSR count). The maximum absolute atomic E-state index is 13.3. The van der Waals surface area contributed by atoms with Crippen LogP contribution in [0.2, 0.25) is 0 Å². The first kappa shape index (κ1) is 12.8. The largest absolute Gasteiger partial charge is 0.408 e. The summed E-state index contributed by atoms with van der Waals surface area (Å²) in [5, 5.41) is 10.6. The molecule has 0 saturated heterocycles. The van der Waals surface area contributed by atoms with E-state index < -0.39 is 0 Å². The Morgan fingerprint density at radius 1 is 1.22 bits per heavy atom. The molecule has 0 aliphatic heterocycles. The number of nitrogens with one attached hydrogen (secondary N) is 1. The van der Waals surface area contributed by atoms with Gasteiger partial charge < -0.3 is 9.73 Å². The summed E-state index contributed by atoms with van der Waals surface area (Å²) < 4.78 is 18.6. The highest BCUT2D eigenvalue weighted by Gasteiger charge is 2.05. The number of alkyl halides is 1. The molecule has 0 saturated carbocycles. The highest BCUT2D eigenvalue weighted by atomic mass is 35.5. The molecule has 0 aliphatic rings. The predicted molar refractivity (Wildman–Crippen MR) is 67.3 cm³/mol. The van der Waals surface area contributed by atoms with Crippen molar-refractivity contribution in [1.82, 2.24) is 10.2 Å². The van der Waals surface area contributed by atoms with E-state index in [0.29, 0.717) is 42.7 Å². The van der Waals surface area contributed by atoms with Gasteiger partial charge in [-0.1, -0.05) is 23.3 Å². The molecule has 18 heavy (non-hydrogen) atoms. The van der Waals surface area contributed by atoms with Gasteiger partial charge in [0.25, 0.3) is 0 Å². The molecule has 2 aromatic rings. The number of hydrogen-bond donors (Lipinski definition) is 1. The first-order chi connectivity index (χ1) is 8.79. The van der Waals surface area contributed by atoms with Crippen LogP contribution in [0.3, 0.4) is 0 Å². The van der Waals surface area contributed by atoms with Crippen LogP contribution in [0.1, 0.15) is 11.5 Å². The minimum atomic E-state index is -0.201. The van der Waals surface area contributed by atoms with Crippen LogP contribution in [0.5, 0.6) is 0 Å². The molecule has 96 valence electrons. The second kappa shape index (κ2) is 6.35. The number of rotatable bonds is 6. The van der Waals surface area contributed by atoms with Crippen LogP contribution in [0.4, 0.5) is 10.4 Å². The van der Waals surface area contributed by atoms with E-state index in [9.17, 15) is 4.39 Å². The van der Waals surface area contributed by atoms with Gasteiger partial charge in [0, 0.05) is 18.8 Å². The fourth-order valence-electron chi connectivity index (χ4n) is 1.51. The highest BCUT2D eigenvalue weighted by molar-refractivity contribution is 6.17. The van der Waals surface area contributed by atoms with Crippen LogP contribution in [0.25, 0.3) is 0 Å². The van der Waals surface area contributed by atoms with Crippen molar-refractivity contribution < 1.29 is 8.81 Å². The van der Waals surface area contributed by atoms with Gasteiger partial charge in [-0.2, -0.15) is 0 Å². The minimum absolute atomic E-state index is 0.201. The summed E-state index contributed by atoms with van der Waals surface area (Å²) in [5.41, 5.74) is 0.658. The van der Waals surface area contributed by atoms with Gasteiger partial charge in [0.15, 0.2) is 0 Å². The first-order valence-corrected chi connectivity index (χ1v) is 6.18. The van der Waals surface area contributed by atoms with Crippen LogP contribution >= 0.6 is 11.6 Å². The van der Waals surface area contributed by atoms with Crippen molar-refractivity contribution in [3.8, 4) is 0 Å². The van der Waals surface area contributed by atoms with E-state index in [1.54, 1.807) is 12.1 Å². The molecule has 6 heteroatoms. The topological polar surface area (TPSA) is 51.0 Å². The van der Waals surface area contributed by atoms with Crippen molar-refractivity contribution in [3.63, 3.8) is 0 Å². The Labute approximate surface area is 109 Å². The maximum atomic E-state index is 13.3. The summed E-state index contributed by atoms with van der Waals surface area (Å²) in [6.45, 7) is 0.531. The molecule has 0 radical (unpaired) electrons. The quantitative estimate of drug-likeness (QED) is 0.819. The summed E-state index contributed by atoms with van der Waals surface area (Å²) in [6.07, 6.45) is 1.10. The summed E-state index contributed by atoms with van der Waals surface area (Å²) in [5.74, 6) is 0.739. The number of hydrogen-bond acceptors (Lipinski definition) is 4. The van der Waals surface area contributed by atoms with Gasteiger partial charge in [0.1, 0.15) is 5.82 Å². The third kappa shape index (κ3) is 3.43. The minimum Gasteiger partial charge on any atom is -0.408 e. The van der Waals surface area contributed by atoms with Gasteiger partial charge in [0.2, 0.25) is 5.89 Å². The van der Waals surface area contributed by atoms with Gasteiger partial charge in [0.05, 0.1) is 0 Å². The van der Waals surface area contributed by atoms with Gasteiger partial charge in [-0.3, -0.25) is 0 Å². The lowest BCUT2D eigenvalue weighted by Crippen LogP contribution is -2.06. The van der Waals surface area contributed by atoms with E-state index in [1.807, 2.05) is 6.07 Å². The fourth-order valence-corrected chi connectivity index (χ4v) is 1.67. The third-order valence-electron chi connectivity index (χ3n) is 2.40. The van der Waals surface area contributed by atoms with Crippen LogP contribution in [-0.2, 0) is 12.8 Å². The van der Waals surface area contributed by atoms with E-state index >= 15 is 0 Å². The highest BCUT2D eigenvalue weighted by Crippen LogP contribution is 2.09. The molecule has 1 N–H and O–H groups in total. The Balaban J connectivity index is 1.83. The van der Waals surface area contributed by atoms with Crippen molar-refractivity contribution in [2.75, 3.05) is 17.7 Å². The Hall–Kier alpha value is -1.62. The summed E-state index contributed by atoms with van der Waals surface area (Å²) >= 11 is 5.56. The van der Waals surface area contributed by atoms with Crippen LogP contribution < -0.4 is 5.32 Å². The number of halogens is 2. The lowest BCUT2D eigenvalue weighted by atomic mass is 10.1. The van der Waals surface area contributed by atoms with Crippen LogP contribution in [0.15, 0.2) is 28.7 Å². The number of aromatic nitrogens is 2. The number of nitrogens with zero attached hydrogens (tertiary/aromatic N) is 2. The zero-order valence-corrected chi connectivity index (χ0v) is 10.5. The second-order valence-corrected chi connectivity index (χ2v) is 4.09.